The molecule has 0 aliphatic rings. The van der Waals surface area contributed by atoms with Gasteiger partial charge in [0.1, 0.15) is 5.15 Å². The Kier molecular flexibility index (Phi) is 6.18. The predicted molar refractivity (Wildman–Crippen MR) is 85.6 cm³/mol. The van der Waals surface area contributed by atoms with Gasteiger partial charge in [0.2, 0.25) is 0 Å². The van der Waals surface area contributed by atoms with E-state index in [9.17, 15) is 9.59 Å². The molecule has 2 rings (SSSR count). The van der Waals surface area contributed by atoms with Crippen LogP contribution in [-0.4, -0.2) is 30.0 Å². The summed E-state index contributed by atoms with van der Waals surface area (Å²) in [6.07, 6.45) is 0.735. The van der Waals surface area contributed by atoms with Gasteiger partial charge in [0.25, 0.3) is 5.91 Å². The minimum atomic E-state index is -0.791. The molecule has 0 aromatic carbocycles. The van der Waals surface area contributed by atoms with Crippen molar-refractivity contribution in [2.24, 2.45) is 0 Å². The molecule has 0 unspecified atom stereocenters. The Morgan fingerprint density at radius 1 is 1.27 bits per heavy atom. The number of amides is 1. The standard InChI is InChI=1S/C14H12Cl2N2O3S/c15-10-3-4-11(16)18-13(10)14(20)21-8-12(19)17-6-5-9-2-1-7-22-9/h1-4,7H,5-6,8H2,(H,17,19). The Hall–Kier alpha value is -1.63. The molecule has 1 amide bonds. The maximum absolute atomic E-state index is 11.8. The largest absolute Gasteiger partial charge is 0.451 e. The van der Waals surface area contributed by atoms with Gasteiger partial charge in [0.05, 0.1) is 5.02 Å². The Morgan fingerprint density at radius 2 is 2.09 bits per heavy atom. The van der Waals surface area contributed by atoms with Crippen molar-refractivity contribution in [3.63, 3.8) is 0 Å². The highest BCUT2D eigenvalue weighted by Gasteiger charge is 2.16. The fourth-order valence-electron chi connectivity index (χ4n) is 1.59. The number of ether oxygens (including phenoxy) is 1. The summed E-state index contributed by atoms with van der Waals surface area (Å²) >= 11 is 13.1. The summed E-state index contributed by atoms with van der Waals surface area (Å²) in [7, 11) is 0. The molecule has 2 aromatic rings. The number of esters is 1. The number of nitrogens with zero attached hydrogens (tertiary/aromatic N) is 1. The molecule has 0 saturated carbocycles. The van der Waals surface area contributed by atoms with Crippen molar-refractivity contribution in [2.75, 3.05) is 13.2 Å². The lowest BCUT2D eigenvalue weighted by atomic mass is 10.3. The number of carbonyl (C=O) groups is 2. The van der Waals surface area contributed by atoms with Crippen LogP contribution in [0.4, 0.5) is 0 Å². The van der Waals surface area contributed by atoms with E-state index >= 15 is 0 Å². The summed E-state index contributed by atoms with van der Waals surface area (Å²) in [5, 5.41) is 4.88. The van der Waals surface area contributed by atoms with Gasteiger partial charge >= 0.3 is 5.97 Å². The average Bonchev–Trinajstić information content (AvgIpc) is 3.00. The van der Waals surface area contributed by atoms with Crippen molar-refractivity contribution in [1.29, 1.82) is 0 Å². The molecule has 0 saturated heterocycles. The van der Waals surface area contributed by atoms with Gasteiger partial charge in [-0.15, -0.1) is 11.3 Å². The molecule has 0 spiro atoms. The second-order valence-corrected chi connectivity index (χ2v) is 6.05. The van der Waals surface area contributed by atoms with E-state index in [4.69, 9.17) is 27.9 Å². The smallest absolute Gasteiger partial charge is 0.359 e. The van der Waals surface area contributed by atoms with E-state index in [1.54, 1.807) is 11.3 Å². The van der Waals surface area contributed by atoms with E-state index in [0.717, 1.165) is 6.42 Å². The Balaban J connectivity index is 1.75. The molecule has 0 radical (unpaired) electrons. The molecule has 5 nitrogen and oxygen atoms in total. The van der Waals surface area contributed by atoms with E-state index in [1.807, 2.05) is 17.5 Å². The first kappa shape index (κ1) is 16.7. The van der Waals surface area contributed by atoms with Crippen molar-refractivity contribution in [3.05, 3.63) is 50.4 Å². The van der Waals surface area contributed by atoms with Crippen LogP contribution in [0, 0.1) is 0 Å². The van der Waals surface area contributed by atoms with Gasteiger partial charge < -0.3 is 10.1 Å². The zero-order valence-electron chi connectivity index (χ0n) is 11.3. The van der Waals surface area contributed by atoms with Crippen LogP contribution in [0.2, 0.25) is 10.2 Å². The minimum Gasteiger partial charge on any atom is -0.451 e. The summed E-state index contributed by atoms with van der Waals surface area (Å²) in [6.45, 7) is 0.0842. The van der Waals surface area contributed by atoms with Gasteiger partial charge in [0, 0.05) is 11.4 Å². The number of nitrogens with one attached hydrogen (secondary N) is 1. The normalized spacial score (nSPS) is 10.3. The summed E-state index contributed by atoms with van der Waals surface area (Å²) < 4.78 is 4.86. The van der Waals surface area contributed by atoms with E-state index in [0.29, 0.717) is 6.54 Å². The van der Waals surface area contributed by atoms with Gasteiger partial charge in [-0.3, -0.25) is 4.79 Å². The van der Waals surface area contributed by atoms with Crippen LogP contribution < -0.4 is 5.32 Å². The predicted octanol–water partition coefficient (Wildman–Crippen LogP) is 2.97. The highest BCUT2D eigenvalue weighted by Crippen LogP contribution is 2.17. The van der Waals surface area contributed by atoms with Gasteiger partial charge in [-0.2, -0.15) is 0 Å². The van der Waals surface area contributed by atoms with Gasteiger partial charge in [0.15, 0.2) is 12.3 Å². The van der Waals surface area contributed by atoms with E-state index in [-0.39, 0.29) is 21.8 Å². The summed E-state index contributed by atoms with van der Waals surface area (Å²) in [4.78, 5) is 28.3. The Morgan fingerprint density at radius 3 is 2.82 bits per heavy atom. The molecule has 2 heterocycles. The molecule has 1 N–H and O–H groups in total. The van der Waals surface area contributed by atoms with E-state index in [2.05, 4.69) is 10.3 Å². The SMILES string of the molecule is O=C(COC(=O)c1nc(Cl)ccc1Cl)NCCc1cccs1. The number of carbonyl (C=O) groups excluding carboxylic acids is 2. The first-order valence-corrected chi connectivity index (χ1v) is 7.98. The monoisotopic (exact) mass is 358 g/mol. The lowest BCUT2D eigenvalue weighted by Gasteiger charge is -2.06. The Bertz CT molecular complexity index is 662. The first-order chi connectivity index (χ1) is 10.6. The number of hydrogen-bond donors (Lipinski definition) is 1. The third-order valence-electron chi connectivity index (χ3n) is 2.61. The second-order valence-electron chi connectivity index (χ2n) is 4.22. The summed E-state index contributed by atoms with van der Waals surface area (Å²) in [5.41, 5.74) is -0.111. The molecule has 2 aromatic heterocycles. The molecule has 0 fully saturated rings. The average molecular weight is 359 g/mol. The number of rotatable bonds is 6. The first-order valence-electron chi connectivity index (χ1n) is 6.34. The Labute approximate surface area is 141 Å². The number of pyridine rings is 1. The third-order valence-corrected chi connectivity index (χ3v) is 4.07. The van der Waals surface area contributed by atoms with Crippen LogP contribution in [0.3, 0.4) is 0 Å². The fourth-order valence-corrected chi connectivity index (χ4v) is 2.63. The summed E-state index contributed by atoms with van der Waals surface area (Å²) in [6, 6.07) is 6.83. The lowest BCUT2D eigenvalue weighted by molar-refractivity contribution is -0.124. The third kappa shape index (κ3) is 4.98. The van der Waals surface area contributed by atoms with Crippen LogP contribution in [0.15, 0.2) is 29.6 Å². The number of aromatic nitrogens is 1. The van der Waals surface area contributed by atoms with Crippen molar-refractivity contribution in [1.82, 2.24) is 10.3 Å². The van der Waals surface area contributed by atoms with E-state index < -0.39 is 12.6 Å². The van der Waals surface area contributed by atoms with Crippen LogP contribution in [0.25, 0.3) is 0 Å². The fraction of sp³-hybridized carbons (Fsp3) is 0.214. The maximum Gasteiger partial charge on any atom is 0.359 e. The quantitative estimate of drug-likeness (QED) is 0.636. The highest BCUT2D eigenvalue weighted by molar-refractivity contribution is 7.09. The maximum atomic E-state index is 11.8. The van der Waals surface area contributed by atoms with Crippen molar-refractivity contribution in [3.8, 4) is 0 Å². The van der Waals surface area contributed by atoms with Gasteiger partial charge in [-0.05, 0) is 30.0 Å². The molecular weight excluding hydrogens is 347 g/mol. The molecule has 0 aliphatic carbocycles. The van der Waals surface area contributed by atoms with E-state index in [1.165, 1.54) is 17.0 Å². The molecular formula is C14H12Cl2N2O3S. The second kappa shape index (κ2) is 8.12. The van der Waals surface area contributed by atoms with Crippen LogP contribution in [0.1, 0.15) is 15.4 Å². The van der Waals surface area contributed by atoms with Crippen molar-refractivity contribution >= 4 is 46.4 Å². The lowest BCUT2D eigenvalue weighted by Crippen LogP contribution is -2.30. The molecule has 0 atom stereocenters. The number of thiophene rings is 1. The molecule has 0 bridgehead atoms. The van der Waals surface area contributed by atoms with Gasteiger partial charge in [-0.25, -0.2) is 9.78 Å². The van der Waals surface area contributed by atoms with Crippen molar-refractivity contribution < 1.29 is 14.3 Å². The molecule has 8 heteroatoms. The summed E-state index contributed by atoms with van der Waals surface area (Å²) in [5.74, 6) is -1.18. The van der Waals surface area contributed by atoms with Crippen LogP contribution in [-0.2, 0) is 16.0 Å². The highest BCUT2D eigenvalue weighted by atomic mass is 35.5. The zero-order valence-corrected chi connectivity index (χ0v) is 13.7. The minimum absolute atomic E-state index is 0.111. The number of halogens is 2. The van der Waals surface area contributed by atoms with Crippen molar-refractivity contribution in [2.45, 2.75) is 6.42 Å². The molecule has 116 valence electrons. The zero-order chi connectivity index (χ0) is 15.9. The molecule has 22 heavy (non-hydrogen) atoms. The van der Waals surface area contributed by atoms with Crippen LogP contribution >= 0.6 is 34.5 Å². The van der Waals surface area contributed by atoms with Gasteiger partial charge in [-0.1, -0.05) is 29.3 Å². The molecule has 0 aliphatic heterocycles. The number of hydrogen-bond acceptors (Lipinski definition) is 5. The topological polar surface area (TPSA) is 68.3 Å². The van der Waals surface area contributed by atoms with Crippen LogP contribution in [0.5, 0.6) is 0 Å².